The standard InChI is InChI=1S/C13H11N5O2S/c19-12(20)10-7-21-11(15-10)5-6-14-13-16-8-3-1-2-4-9(8)17-18-13/h1-4,7H,5-6H2,(H,19,20)(H,14,16,18). The number of thiazole rings is 1. The highest BCUT2D eigenvalue weighted by molar-refractivity contribution is 7.09. The molecule has 1 aromatic carbocycles. The zero-order valence-corrected chi connectivity index (χ0v) is 11.7. The number of aromatic nitrogens is 4. The highest BCUT2D eigenvalue weighted by atomic mass is 32.1. The minimum absolute atomic E-state index is 0.0821. The number of anilines is 1. The van der Waals surface area contributed by atoms with Crippen LogP contribution in [0.15, 0.2) is 29.6 Å². The minimum atomic E-state index is -1.01. The molecule has 0 radical (unpaired) electrons. The van der Waals surface area contributed by atoms with E-state index in [9.17, 15) is 4.79 Å². The number of hydrogen-bond acceptors (Lipinski definition) is 7. The van der Waals surface area contributed by atoms with E-state index < -0.39 is 5.97 Å². The number of carboxylic acid groups (broad SMARTS) is 1. The molecule has 2 aromatic heterocycles. The van der Waals surface area contributed by atoms with Crippen LogP contribution in [0.3, 0.4) is 0 Å². The van der Waals surface area contributed by atoms with E-state index in [1.807, 2.05) is 24.3 Å². The van der Waals surface area contributed by atoms with Crippen molar-refractivity contribution in [3.8, 4) is 0 Å². The molecule has 0 saturated heterocycles. The number of benzene rings is 1. The maximum atomic E-state index is 10.7. The lowest BCUT2D eigenvalue weighted by Gasteiger charge is -2.03. The van der Waals surface area contributed by atoms with Gasteiger partial charge in [0.05, 0.1) is 10.5 Å². The Morgan fingerprint density at radius 1 is 1.19 bits per heavy atom. The first-order chi connectivity index (χ1) is 10.2. The quantitative estimate of drug-likeness (QED) is 0.741. The SMILES string of the molecule is O=C(O)c1csc(CCNc2nnc3ccccc3n2)n1. The van der Waals surface area contributed by atoms with Gasteiger partial charge < -0.3 is 10.4 Å². The van der Waals surface area contributed by atoms with Gasteiger partial charge in [0.15, 0.2) is 5.69 Å². The molecule has 7 nitrogen and oxygen atoms in total. The monoisotopic (exact) mass is 301 g/mol. The van der Waals surface area contributed by atoms with Crippen LogP contribution in [0.25, 0.3) is 11.0 Å². The van der Waals surface area contributed by atoms with E-state index in [2.05, 4.69) is 25.5 Å². The number of para-hydroxylation sites is 1. The van der Waals surface area contributed by atoms with Crippen LogP contribution in [0, 0.1) is 0 Å². The van der Waals surface area contributed by atoms with Crippen molar-refractivity contribution in [1.29, 1.82) is 0 Å². The third kappa shape index (κ3) is 3.11. The molecule has 0 amide bonds. The number of hydrogen-bond donors (Lipinski definition) is 2. The summed E-state index contributed by atoms with van der Waals surface area (Å²) in [6, 6.07) is 7.50. The van der Waals surface area contributed by atoms with Crippen molar-refractivity contribution in [1.82, 2.24) is 20.2 Å². The van der Waals surface area contributed by atoms with Crippen LogP contribution in [-0.2, 0) is 6.42 Å². The number of rotatable bonds is 5. The molecule has 8 heteroatoms. The van der Waals surface area contributed by atoms with E-state index in [1.165, 1.54) is 16.7 Å². The molecule has 2 N–H and O–H groups in total. The fourth-order valence-corrected chi connectivity index (χ4v) is 2.53. The number of carboxylic acids is 1. The Balaban J connectivity index is 1.62. The van der Waals surface area contributed by atoms with Crippen LogP contribution in [0.1, 0.15) is 15.5 Å². The molecule has 3 rings (SSSR count). The zero-order valence-electron chi connectivity index (χ0n) is 10.9. The van der Waals surface area contributed by atoms with Gasteiger partial charge in [0.1, 0.15) is 5.52 Å². The molecule has 2 heterocycles. The van der Waals surface area contributed by atoms with E-state index in [4.69, 9.17) is 5.11 Å². The molecule has 0 unspecified atom stereocenters. The average Bonchev–Trinajstić information content (AvgIpc) is 2.96. The van der Waals surface area contributed by atoms with Crippen LogP contribution in [0.5, 0.6) is 0 Å². The molecule has 0 aliphatic carbocycles. The first-order valence-electron chi connectivity index (χ1n) is 6.23. The molecule has 0 bridgehead atoms. The number of nitrogens with one attached hydrogen (secondary N) is 1. The molecule has 3 aromatic rings. The second-order valence-corrected chi connectivity index (χ2v) is 5.18. The Morgan fingerprint density at radius 3 is 2.76 bits per heavy atom. The van der Waals surface area contributed by atoms with Crippen LogP contribution < -0.4 is 5.32 Å². The van der Waals surface area contributed by atoms with Gasteiger partial charge in [-0.05, 0) is 12.1 Å². The summed E-state index contributed by atoms with van der Waals surface area (Å²) in [6.45, 7) is 0.562. The highest BCUT2D eigenvalue weighted by Crippen LogP contribution is 2.11. The summed E-state index contributed by atoms with van der Waals surface area (Å²) in [4.78, 5) is 19.1. The van der Waals surface area contributed by atoms with Gasteiger partial charge in [0.25, 0.3) is 0 Å². The normalized spacial score (nSPS) is 10.7. The molecule has 21 heavy (non-hydrogen) atoms. The van der Waals surface area contributed by atoms with Crippen LogP contribution in [0.4, 0.5) is 5.95 Å². The molecule has 0 spiro atoms. The number of carbonyl (C=O) groups is 1. The van der Waals surface area contributed by atoms with Gasteiger partial charge in [-0.3, -0.25) is 0 Å². The van der Waals surface area contributed by atoms with E-state index >= 15 is 0 Å². The van der Waals surface area contributed by atoms with Crippen molar-refractivity contribution in [2.24, 2.45) is 0 Å². The molecule has 106 valence electrons. The average molecular weight is 301 g/mol. The van der Waals surface area contributed by atoms with Crippen molar-refractivity contribution in [2.75, 3.05) is 11.9 Å². The summed E-state index contributed by atoms with van der Waals surface area (Å²) in [5, 5.41) is 22.2. The topological polar surface area (TPSA) is 101 Å². The van der Waals surface area contributed by atoms with E-state index in [0.29, 0.717) is 18.9 Å². The predicted molar refractivity (Wildman–Crippen MR) is 78.6 cm³/mol. The molecular weight excluding hydrogens is 290 g/mol. The van der Waals surface area contributed by atoms with E-state index in [0.717, 1.165) is 16.0 Å². The fraction of sp³-hybridized carbons (Fsp3) is 0.154. The second-order valence-electron chi connectivity index (χ2n) is 4.23. The third-order valence-electron chi connectivity index (χ3n) is 2.75. The van der Waals surface area contributed by atoms with Crippen LogP contribution in [-0.4, -0.2) is 37.8 Å². The van der Waals surface area contributed by atoms with E-state index in [-0.39, 0.29) is 5.69 Å². The Labute approximate surface area is 123 Å². The maximum absolute atomic E-state index is 10.7. The molecule has 0 aliphatic heterocycles. The summed E-state index contributed by atoms with van der Waals surface area (Å²) < 4.78 is 0. The van der Waals surface area contributed by atoms with Crippen molar-refractivity contribution in [3.63, 3.8) is 0 Å². The molecule has 0 atom stereocenters. The Morgan fingerprint density at radius 2 is 2.00 bits per heavy atom. The van der Waals surface area contributed by atoms with Gasteiger partial charge in [-0.1, -0.05) is 12.1 Å². The summed E-state index contributed by atoms with van der Waals surface area (Å²) in [6.07, 6.45) is 0.605. The smallest absolute Gasteiger partial charge is 0.355 e. The Bertz CT molecular complexity index is 789. The van der Waals surface area contributed by atoms with Crippen molar-refractivity contribution >= 4 is 34.3 Å². The van der Waals surface area contributed by atoms with Crippen LogP contribution in [0.2, 0.25) is 0 Å². The summed E-state index contributed by atoms with van der Waals surface area (Å²) >= 11 is 1.33. The van der Waals surface area contributed by atoms with E-state index in [1.54, 1.807) is 0 Å². The van der Waals surface area contributed by atoms with Gasteiger partial charge in [-0.15, -0.1) is 21.5 Å². The lowest BCUT2D eigenvalue weighted by molar-refractivity contribution is 0.0691. The Hall–Kier alpha value is -2.61. The first-order valence-corrected chi connectivity index (χ1v) is 7.11. The number of nitrogens with zero attached hydrogens (tertiary/aromatic N) is 4. The summed E-state index contributed by atoms with van der Waals surface area (Å²) in [5.41, 5.74) is 1.60. The van der Waals surface area contributed by atoms with Crippen LogP contribution >= 0.6 is 11.3 Å². The third-order valence-corrected chi connectivity index (χ3v) is 3.66. The highest BCUT2D eigenvalue weighted by Gasteiger charge is 2.08. The molecule has 0 aliphatic rings. The second kappa shape index (κ2) is 5.80. The first kappa shape index (κ1) is 13.4. The molecule has 0 fully saturated rings. The van der Waals surface area contributed by atoms with Crippen molar-refractivity contribution in [2.45, 2.75) is 6.42 Å². The fourth-order valence-electron chi connectivity index (χ4n) is 1.76. The zero-order chi connectivity index (χ0) is 14.7. The van der Waals surface area contributed by atoms with Gasteiger partial charge in [0, 0.05) is 18.3 Å². The maximum Gasteiger partial charge on any atom is 0.355 e. The van der Waals surface area contributed by atoms with Gasteiger partial charge >= 0.3 is 5.97 Å². The van der Waals surface area contributed by atoms with Crippen molar-refractivity contribution < 1.29 is 9.90 Å². The van der Waals surface area contributed by atoms with Gasteiger partial charge in [0.2, 0.25) is 5.95 Å². The molecular formula is C13H11N5O2S. The van der Waals surface area contributed by atoms with Gasteiger partial charge in [-0.25, -0.2) is 14.8 Å². The van der Waals surface area contributed by atoms with Crippen molar-refractivity contribution in [3.05, 3.63) is 40.3 Å². The summed E-state index contributed by atoms with van der Waals surface area (Å²) in [5.74, 6) is -0.559. The lowest BCUT2D eigenvalue weighted by atomic mass is 10.3. The summed E-state index contributed by atoms with van der Waals surface area (Å²) in [7, 11) is 0. The van der Waals surface area contributed by atoms with Gasteiger partial charge in [-0.2, -0.15) is 0 Å². The largest absolute Gasteiger partial charge is 0.476 e. The number of aromatic carboxylic acids is 1. The lowest BCUT2D eigenvalue weighted by Crippen LogP contribution is -2.09. The minimum Gasteiger partial charge on any atom is -0.476 e. The molecule has 0 saturated carbocycles. The number of fused-ring (bicyclic) bond motifs is 1. The Kier molecular flexibility index (Phi) is 3.69. The predicted octanol–water partition coefficient (Wildman–Crippen LogP) is 1.83.